The highest BCUT2D eigenvalue weighted by molar-refractivity contribution is 7.89. The SMILES string of the molecule is O=S(=O)(CCCc1ccccc1)NCCCc1ncc2ccccn12. The van der Waals surface area contributed by atoms with Gasteiger partial charge in [-0.05, 0) is 37.0 Å². The van der Waals surface area contributed by atoms with Crippen LogP contribution in [0.15, 0.2) is 60.9 Å². The van der Waals surface area contributed by atoms with Crippen LogP contribution in [0.5, 0.6) is 0 Å². The molecule has 0 atom stereocenters. The Morgan fingerprint density at radius 2 is 1.76 bits per heavy atom. The Morgan fingerprint density at radius 1 is 0.960 bits per heavy atom. The summed E-state index contributed by atoms with van der Waals surface area (Å²) in [6.45, 7) is 0.440. The van der Waals surface area contributed by atoms with Gasteiger partial charge in [0.05, 0.1) is 17.5 Å². The molecule has 0 saturated carbocycles. The highest BCUT2D eigenvalue weighted by Gasteiger charge is 2.10. The summed E-state index contributed by atoms with van der Waals surface area (Å²) in [5, 5.41) is 0. The molecule has 0 bridgehead atoms. The van der Waals surface area contributed by atoms with Gasteiger partial charge in [-0.15, -0.1) is 0 Å². The number of sulfonamides is 1. The first kappa shape index (κ1) is 17.6. The minimum Gasteiger partial charge on any atom is -0.304 e. The van der Waals surface area contributed by atoms with Crippen LogP contribution in [0.3, 0.4) is 0 Å². The van der Waals surface area contributed by atoms with Crippen molar-refractivity contribution in [2.45, 2.75) is 25.7 Å². The van der Waals surface area contributed by atoms with E-state index in [-0.39, 0.29) is 5.75 Å². The summed E-state index contributed by atoms with van der Waals surface area (Å²) in [7, 11) is -3.21. The smallest absolute Gasteiger partial charge is 0.211 e. The second-order valence-electron chi connectivity index (χ2n) is 6.08. The molecular weight excluding hydrogens is 334 g/mol. The van der Waals surface area contributed by atoms with Crippen LogP contribution in [-0.4, -0.2) is 30.1 Å². The summed E-state index contributed by atoms with van der Waals surface area (Å²) in [5.41, 5.74) is 2.22. The fourth-order valence-corrected chi connectivity index (χ4v) is 3.97. The molecule has 3 aromatic rings. The Hall–Kier alpha value is -2.18. The van der Waals surface area contributed by atoms with Crippen LogP contribution in [0.1, 0.15) is 24.2 Å². The normalized spacial score (nSPS) is 11.8. The van der Waals surface area contributed by atoms with E-state index in [2.05, 4.69) is 9.71 Å². The zero-order chi connectivity index (χ0) is 17.5. The molecule has 0 fully saturated rings. The van der Waals surface area contributed by atoms with Gasteiger partial charge in [0.2, 0.25) is 10.0 Å². The molecule has 0 amide bonds. The molecule has 2 heterocycles. The van der Waals surface area contributed by atoms with Crippen LogP contribution >= 0.6 is 0 Å². The zero-order valence-electron chi connectivity index (χ0n) is 14.1. The fraction of sp³-hybridized carbons (Fsp3) is 0.316. The van der Waals surface area contributed by atoms with E-state index < -0.39 is 10.0 Å². The largest absolute Gasteiger partial charge is 0.304 e. The summed E-state index contributed by atoms with van der Waals surface area (Å²) < 4.78 is 28.9. The van der Waals surface area contributed by atoms with Crippen LogP contribution in [0.4, 0.5) is 0 Å². The van der Waals surface area contributed by atoms with Crippen LogP contribution < -0.4 is 4.72 Å². The van der Waals surface area contributed by atoms with Crippen LogP contribution in [-0.2, 0) is 22.9 Å². The topological polar surface area (TPSA) is 63.5 Å². The monoisotopic (exact) mass is 357 g/mol. The predicted octanol–water partition coefficient (Wildman–Crippen LogP) is 2.82. The molecule has 6 heteroatoms. The number of pyridine rings is 1. The summed E-state index contributed by atoms with van der Waals surface area (Å²) >= 11 is 0. The van der Waals surface area contributed by atoms with Crippen LogP contribution in [0, 0.1) is 0 Å². The van der Waals surface area contributed by atoms with Crippen molar-refractivity contribution in [3.05, 3.63) is 72.3 Å². The molecule has 0 aliphatic carbocycles. The van der Waals surface area contributed by atoms with E-state index in [0.717, 1.165) is 30.6 Å². The first-order valence-corrected chi connectivity index (χ1v) is 10.2. The van der Waals surface area contributed by atoms with E-state index in [1.807, 2.05) is 65.3 Å². The molecule has 0 saturated heterocycles. The van der Waals surface area contributed by atoms with Gasteiger partial charge in [-0.25, -0.2) is 18.1 Å². The van der Waals surface area contributed by atoms with Crippen molar-refractivity contribution < 1.29 is 8.42 Å². The summed E-state index contributed by atoms with van der Waals surface area (Å²) in [5.74, 6) is 1.12. The number of aromatic nitrogens is 2. The second-order valence-corrected chi connectivity index (χ2v) is 8.00. The first-order chi connectivity index (χ1) is 12.1. The maximum absolute atomic E-state index is 12.1. The van der Waals surface area contributed by atoms with Crippen molar-refractivity contribution in [1.29, 1.82) is 0 Å². The van der Waals surface area contributed by atoms with E-state index in [4.69, 9.17) is 0 Å². The molecule has 0 aliphatic rings. The maximum atomic E-state index is 12.1. The van der Waals surface area contributed by atoms with Crippen LogP contribution in [0.25, 0.3) is 5.52 Å². The Kier molecular flexibility index (Phi) is 5.83. The van der Waals surface area contributed by atoms with Gasteiger partial charge in [0.15, 0.2) is 0 Å². The average molecular weight is 357 g/mol. The molecule has 0 radical (unpaired) electrons. The summed E-state index contributed by atoms with van der Waals surface area (Å²) in [6.07, 6.45) is 6.69. The van der Waals surface area contributed by atoms with Gasteiger partial charge < -0.3 is 4.40 Å². The maximum Gasteiger partial charge on any atom is 0.211 e. The van der Waals surface area contributed by atoms with Crippen molar-refractivity contribution in [1.82, 2.24) is 14.1 Å². The highest BCUT2D eigenvalue weighted by Crippen LogP contribution is 2.08. The van der Waals surface area contributed by atoms with Crippen LogP contribution in [0.2, 0.25) is 0 Å². The molecule has 0 spiro atoms. The standard InChI is InChI=1S/C19H23N3O2S/c23-25(24,15-7-10-17-8-2-1-3-9-17)21-13-6-12-19-20-16-18-11-4-5-14-22(18)19/h1-5,8-9,11,14,16,21H,6-7,10,12-13,15H2. The molecule has 25 heavy (non-hydrogen) atoms. The van der Waals surface area contributed by atoms with E-state index >= 15 is 0 Å². The van der Waals surface area contributed by atoms with E-state index in [9.17, 15) is 8.42 Å². The lowest BCUT2D eigenvalue weighted by Gasteiger charge is -2.07. The number of hydrogen-bond donors (Lipinski definition) is 1. The summed E-state index contributed by atoms with van der Waals surface area (Å²) in [6, 6.07) is 15.9. The first-order valence-electron chi connectivity index (χ1n) is 8.56. The van der Waals surface area contributed by atoms with E-state index in [1.54, 1.807) is 0 Å². The van der Waals surface area contributed by atoms with E-state index in [1.165, 1.54) is 5.56 Å². The quantitative estimate of drug-likeness (QED) is 0.599. The van der Waals surface area contributed by atoms with Gasteiger partial charge in [0.25, 0.3) is 0 Å². The predicted molar refractivity (Wildman–Crippen MR) is 100 cm³/mol. The molecular formula is C19H23N3O2S. The third kappa shape index (κ3) is 5.14. The highest BCUT2D eigenvalue weighted by atomic mass is 32.2. The minimum atomic E-state index is -3.21. The average Bonchev–Trinajstić information content (AvgIpc) is 3.03. The summed E-state index contributed by atoms with van der Waals surface area (Å²) in [4.78, 5) is 4.40. The Bertz CT molecular complexity index is 905. The zero-order valence-corrected chi connectivity index (χ0v) is 15.0. The molecule has 2 aromatic heterocycles. The number of hydrogen-bond acceptors (Lipinski definition) is 3. The van der Waals surface area contributed by atoms with Crippen molar-refractivity contribution in [2.24, 2.45) is 0 Å². The van der Waals surface area contributed by atoms with Crippen molar-refractivity contribution in [3.8, 4) is 0 Å². The molecule has 5 nitrogen and oxygen atoms in total. The van der Waals surface area contributed by atoms with Gasteiger partial charge in [0.1, 0.15) is 5.82 Å². The third-order valence-corrected chi connectivity index (χ3v) is 5.61. The van der Waals surface area contributed by atoms with Gasteiger partial charge in [-0.1, -0.05) is 36.4 Å². The minimum absolute atomic E-state index is 0.161. The molecule has 1 N–H and O–H groups in total. The Morgan fingerprint density at radius 3 is 2.60 bits per heavy atom. The number of nitrogens with one attached hydrogen (secondary N) is 1. The van der Waals surface area contributed by atoms with Gasteiger partial charge in [-0.2, -0.15) is 0 Å². The molecule has 0 unspecified atom stereocenters. The number of imidazole rings is 1. The fourth-order valence-electron chi connectivity index (χ4n) is 2.84. The number of rotatable bonds is 9. The molecule has 3 rings (SSSR count). The van der Waals surface area contributed by atoms with Gasteiger partial charge in [-0.3, -0.25) is 0 Å². The lowest BCUT2D eigenvalue weighted by Crippen LogP contribution is -2.28. The van der Waals surface area contributed by atoms with Crippen molar-refractivity contribution >= 4 is 15.5 Å². The number of nitrogens with zero attached hydrogens (tertiary/aromatic N) is 2. The van der Waals surface area contributed by atoms with Gasteiger partial charge >= 0.3 is 0 Å². The molecule has 1 aromatic carbocycles. The molecule has 0 aliphatic heterocycles. The van der Waals surface area contributed by atoms with E-state index in [0.29, 0.717) is 13.0 Å². The van der Waals surface area contributed by atoms with Gasteiger partial charge in [0, 0.05) is 19.2 Å². The number of fused-ring (bicyclic) bond motifs is 1. The third-order valence-electron chi connectivity index (χ3n) is 4.14. The molecule has 132 valence electrons. The second kappa shape index (κ2) is 8.27. The van der Waals surface area contributed by atoms with Crippen molar-refractivity contribution in [2.75, 3.05) is 12.3 Å². The number of benzene rings is 1. The van der Waals surface area contributed by atoms with Crippen molar-refractivity contribution in [3.63, 3.8) is 0 Å². The lowest BCUT2D eigenvalue weighted by atomic mass is 10.1. The Balaban J connectivity index is 1.40. The number of aryl methyl sites for hydroxylation is 2. The Labute approximate surface area is 148 Å². The lowest BCUT2D eigenvalue weighted by molar-refractivity contribution is 0.575.